The van der Waals surface area contributed by atoms with E-state index in [1.165, 1.54) is 18.9 Å². The maximum absolute atomic E-state index is 13.1. The number of para-hydroxylation sites is 1. The highest BCUT2D eigenvalue weighted by Crippen LogP contribution is 2.49. The summed E-state index contributed by atoms with van der Waals surface area (Å²) >= 11 is 3.08. The molecule has 0 N–H and O–H groups in total. The van der Waals surface area contributed by atoms with Gasteiger partial charge in [-0.3, -0.25) is 19.5 Å². The molecule has 0 spiro atoms. The number of ether oxygens (including phenoxy) is 1. The molecule has 0 aliphatic carbocycles. The molecule has 0 bridgehead atoms. The van der Waals surface area contributed by atoms with Gasteiger partial charge in [0.15, 0.2) is 5.17 Å². The average Bonchev–Trinajstić information content (AvgIpc) is 3.24. The van der Waals surface area contributed by atoms with Crippen LogP contribution in [0.3, 0.4) is 0 Å². The average molecular weight is 446 g/mol. The molecule has 1 saturated heterocycles. The Labute approximate surface area is 186 Å². The number of anilines is 1. The highest BCUT2D eigenvalue weighted by atomic mass is 32.2. The van der Waals surface area contributed by atoms with Crippen LogP contribution in [0.5, 0.6) is 0 Å². The van der Waals surface area contributed by atoms with Crippen molar-refractivity contribution < 1.29 is 14.3 Å². The van der Waals surface area contributed by atoms with E-state index >= 15 is 0 Å². The first-order chi connectivity index (χ1) is 14.6. The molecule has 1 aromatic carbocycles. The smallest absolute Gasteiger partial charge is 0.305 e. The van der Waals surface area contributed by atoms with E-state index in [9.17, 15) is 9.59 Å². The van der Waals surface area contributed by atoms with Crippen LogP contribution >= 0.6 is 23.5 Å². The summed E-state index contributed by atoms with van der Waals surface area (Å²) in [6.07, 6.45) is 5.92. The third-order valence-electron chi connectivity index (χ3n) is 4.87. The molecule has 160 valence electrons. The number of carbonyl (C=O) groups excluding carboxylic acids is 2. The van der Waals surface area contributed by atoms with Crippen molar-refractivity contribution in [2.75, 3.05) is 32.1 Å². The number of hydrogen-bond acceptors (Lipinski definition) is 7. The molecule has 0 radical (unpaired) electrons. The third-order valence-corrected chi connectivity index (χ3v) is 7.34. The minimum Gasteiger partial charge on any atom is -0.469 e. The number of thioether (sulfide) groups is 2. The topological polar surface area (TPSA) is 62.2 Å². The van der Waals surface area contributed by atoms with Crippen molar-refractivity contribution in [2.45, 2.75) is 37.0 Å². The highest BCUT2D eigenvalue weighted by Gasteiger charge is 2.38. The third kappa shape index (κ3) is 5.10. The van der Waals surface area contributed by atoms with E-state index in [0.717, 1.165) is 51.4 Å². The minimum absolute atomic E-state index is 0.0149. The molecule has 1 fully saturated rings. The molecule has 1 aromatic rings. The van der Waals surface area contributed by atoms with Gasteiger partial charge in [-0.1, -0.05) is 42.8 Å². The van der Waals surface area contributed by atoms with E-state index in [1.54, 1.807) is 22.7 Å². The van der Waals surface area contributed by atoms with E-state index < -0.39 is 0 Å². The zero-order valence-corrected chi connectivity index (χ0v) is 19.1. The van der Waals surface area contributed by atoms with Gasteiger partial charge in [-0.25, -0.2) is 0 Å². The van der Waals surface area contributed by atoms with Crippen molar-refractivity contribution in [3.05, 3.63) is 46.9 Å². The number of carbonyl (C=O) groups is 2. The Balaban J connectivity index is 1.63. The number of amides is 1. The van der Waals surface area contributed by atoms with Crippen molar-refractivity contribution in [3.63, 3.8) is 0 Å². The largest absolute Gasteiger partial charge is 0.469 e. The molecule has 1 amide bonds. The Hall–Kier alpha value is -2.19. The molecule has 8 heteroatoms. The number of aliphatic imine (C=N–C) groups is 1. The van der Waals surface area contributed by atoms with Crippen molar-refractivity contribution in [1.29, 1.82) is 0 Å². The number of hydrogen-bond donors (Lipinski definition) is 0. The number of esters is 1. The zero-order chi connectivity index (χ0) is 21.5. The van der Waals surface area contributed by atoms with Crippen LogP contribution in [0, 0.1) is 0 Å². The fourth-order valence-electron chi connectivity index (χ4n) is 3.26. The molecule has 30 heavy (non-hydrogen) atoms. The number of fused-ring (bicyclic) bond motifs is 1. The molecule has 6 nitrogen and oxygen atoms in total. The van der Waals surface area contributed by atoms with Gasteiger partial charge in [0.25, 0.3) is 5.91 Å². The maximum Gasteiger partial charge on any atom is 0.305 e. The molecule has 0 aromatic heterocycles. The number of benzene rings is 1. The monoisotopic (exact) mass is 445 g/mol. The normalized spacial score (nSPS) is 19.5. The van der Waals surface area contributed by atoms with Crippen molar-refractivity contribution in [1.82, 2.24) is 4.90 Å². The lowest BCUT2D eigenvalue weighted by Gasteiger charge is -2.15. The van der Waals surface area contributed by atoms with Crippen LogP contribution in [0.4, 0.5) is 5.69 Å². The van der Waals surface area contributed by atoms with Crippen LogP contribution in [-0.4, -0.2) is 49.2 Å². The number of amidine groups is 1. The predicted octanol–water partition coefficient (Wildman–Crippen LogP) is 4.64. The zero-order valence-electron chi connectivity index (χ0n) is 17.4. The van der Waals surface area contributed by atoms with Gasteiger partial charge in [0, 0.05) is 31.5 Å². The quantitative estimate of drug-likeness (QED) is 0.239. The second kappa shape index (κ2) is 10.7. The lowest BCUT2D eigenvalue weighted by atomic mass is 10.1. The summed E-state index contributed by atoms with van der Waals surface area (Å²) in [7, 11) is 3.41. The highest BCUT2D eigenvalue weighted by molar-refractivity contribution is 8.19. The Morgan fingerprint density at radius 2 is 1.97 bits per heavy atom. The molecule has 2 aliphatic heterocycles. The first kappa shape index (κ1) is 22.5. The van der Waals surface area contributed by atoms with Gasteiger partial charge < -0.3 is 9.64 Å². The van der Waals surface area contributed by atoms with Gasteiger partial charge in [-0.2, -0.15) is 0 Å². The lowest BCUT2D eigenvalue weighted by molar-refractivity contribution is -0.140. The van der Waals surface area contributed by atoms with Crippen LogP contribution in [0.15, 0.2) is 56.7 Å². The summed E-state index contributed by atoms with van der Waals surface area (Å²) in [5.41, 5.74) is 1.12. The molecule has 0 atom stereocenters. The lowest BCUT2D eigenvalue weighted by Crippen LogP contribution is -2.30. The molecule has 2 aliphatic rings. The predicted molar refractivity (Wildman–Crippen MR) is 125 cm³/mol. The van der Waals surface area contributed by atoms with Crippen molar-refractivity contribution in [3.8, 4) is 0 Å². The number of unbranched alkanes of at least 4 members (excludes halogenated alkanes) is 3. The first-order valence-electron chi connectivity index (χ1n) is 10.0. The summed E-state index contributed by atoms with van der Waals surface area (Å²) in [6, 6.07) is 8.16. The Morgan fingerprint density at radius 1 is 1.20 bits per heavy atom. The summed E-state index contributed by atoms with van der Waals surface area (Å²) in [4.78, 5) is 34.6. The molecule has 3 rings (SSSR count). The summed E-state index contributed by atoms with van der Waals surface area (Å²) in [5, 5.41) is 1.69. The maximum atomic E-state index is 13.1. The Bertz CT molecular complexity index is 882. The van der Waals surface area contributed by atoms with Gasteiger partial charge in [0.2, 0.25) is 0 Å². The van der Waals surface area contributed by atoms with Gasteiger partial charge in [-0.05, 0) is 36.7 Å². The standard InChI is InChI=1S/C22H27N3O3S2/c1-4-15-25-20(27)19(21-24(2)16-11-8-9-12-17(16)29-21)30-22(25)23-14-10-6-5-7-13-18(26)28-3/h4,8-9,11-12H,1,5-7,10,13-15H2,2-3H3. The summed E-state index contributed by atoms with van der Waals surface area (Å²) < 4.78 is 4.65. The van der Waals surface area contributed by atoms with Crippen LogP contribution in [0.2, 0.25) is 0 Å². The van der Waals surface area contributed by atoms with E-state index in [1.807, 2.05) is 19.2 Å². The fourth-order valence-corrected chi connectivity index (χ4v) is 5.61. The SMILES string of the molecule is C=CCN1C(=O)C(=C2Sc3ccccc3N2C)SC1=NCCCCCCC(=O)OC. The van der Waals surface area contributed by atoms with Gasteiger partial charge in [0.1, 0.15) is 4.91 Å². The summed E-state index contributed by atoms with van der Waals surface area (Å²) in [5.74, 6) is -0.174. The second-order valence-corrected chi connectivity index (χ2v) is 8.98. The Kier molecular flexibility index (Phi) is 8.04. The van der Waals surface area contributed by atoms with Gasteiger partial charge in [-0.15, -0.1) is 6.58 Å². The van der Waals surface area contributed by atoms with Gasteiger partial charge >= 0.3 is 5.97 Å². The minimum atomic E-state index is -0.159. The summed E-state index contributed by atoms with van der Waals surface area (Å²) in [6.45, 7) is 4.89. The second-order valence-electron chi connectivity index (χ2n) is 6.97. The fraction of sp³-hybridized carbons (Fsp3) is 0.409. The Morgan fingerprint density at radius 3 is 2.70 bits per heavy atom. The van der Waals surface area contributed by atoms with E-state index in [-0.39, 0.29) is 11.9 Å². The number of rotatable bonds is 9. The number of nitrogens with zero attached hydrogens (tertiary/aromatic N) is 3. The van der Waals surface area contributed by atoms with E-state index in [4.69, 9.17) is 4.99 Å². The van der Waals surface area contributed by atoms with E-state index in [0.29, 0.717) is 19.5 Å². The van der Waals surface area contributed by atoms with Crippen LogP contribution in [0.25, 0.3) is 0 Å². The van der Waals surface area contributed by atoms with Gasteiger partial charge in [0.05, 0.1) is 17.8 Å². The number of methoxy groups -OCH3 is 1. The van der Waals surface area contributed by atoms with Crippen molar-refractivity contribution in [2.24, 2.45) is 4.99 Å². The molecule has 0 saturated carbocycles. The molecule has 0 unspecified atom stereocenters. The van der Waals surface area contributed by atoms with Crippen LogP contribution < -0.4 is 4.90 Å². The first-order valence-corrected chi connectivity index (χ1v) is 11.7. The molecular formula is C22H27N3O3S2. The van der Waals surface area contributed by atoms with Crippen molar-refractivity contribution >= 4 is 46.3 Å². The van der Waals surface area contributed by atoms with Crippen LogP contribution in [0.1, 0.15) is 32.1 Å². The van der Waals surface area contributed by atoms with E-state index in [2.05, 4.69) is 28.3 Å². The van der Waals surface area contributed by atoms with Crippen LogP contribution in [-0.2, 0) is 14.3 Å². The molecule has 2 heterocycles. The molecular weight excluding hydrogens is 418 g/mol.